The first-order valence-electron chi connectivity index (χ1n) is 7.32. The molecule has 1 aromatic heterocycles. The molecular weight excluding hydrogens is 294 g/mol. The Labute approximate surface area is 124 Å². The average molecular weight is 315 g/mol. The van der Waals surface area contributed by atoms with Crippen molar-refractivity contribution in [1.82, 2.24) is 14.0 Å². The molecule has 0 unspecified atom stereocenters. The number of aromatic nitrogens is 1. The van der Waals surface area contributed by atoms with Crippen LogP contribution in [-0.2, 0) is 10.2 Å². The van der Waals surface area contributed by atoms with Gasteiger partial charge in [0, 0.05) is 36.6 Å². The van der Waals surface area contributed by atoms with Crippen molar-refractivity contribution in [2.24, 2.45) is 0 Å². The molecule has 1 aromatic rings. The summed E-state index contributed by atoms with van der Waals surface area (Å²) in [5.41, 5.74) is 0. The lowest BCUT2D eigenvalue weighted by atomic mass is 9.99. The summed E-state index contributed by atoms with van der Waals surface area (Å²) >= 11 is 1.67. The van der Waals surface area contributed by atoms with E-state index in [2.05, 4.69) is 9.71 Å². The van der Waals surface area contributed by atoms with Gasteiger partial charge in [-0.3, -0.25) is 0 Å². The van der Waals surface area contributed by atoms with Gasteiger partial charge >= 0.3 is 0 Å². The van der Waals surface area contributed by atoms with Crippen molar-refractivity contribution in [2.75, 3.05) is 13.1 Å². The molecular formula is C13H21N3O2S2. The number of hydrogen-bond donors (Lipinski definition) is 1. The summed E-state index contributed by atoms with van der Waals surface area (Å²) in [6.45, 7) is 1.21. The zero-order valence-corrected chi connectivity index (χ0v) is 13.1. The fraction of sp³-hybridized carbons (Fsp3) is 0.769. The Hall–Kier alpha value is -0.500. The van der Waals surface area contributed by atoms with Crippen LogP contribution in [0.4, 0.5) is 0 Å². The normalized spacial score (nSPS) is 23.4. The van der Waals surface area contributed by atoms with Gasteiger partial charge in [0.05, 0.1) is 5.01 Å². The van der Waals surface area contributed by atoms with Crippen LogP contribution >= 0.6 is 11.3 Å². The molecule has 3 rings (SSSR count). The highest BCUT2D eigenvalue weighted by atomic mass is 32.2. The summed E-state index contributed by atoms with van der Waals surface area (Å²) in [7, 11) is -3.29. The standard InChI is InChI=1S/C13H21N3O2S2/c17-20(18,15-12-3-1-2-4-12)16-8-5-11(6-9-16)13-14-7-10-19-13/h7,10-12,15H,1-6,8-9H2. The molecule has 1 aliphatic heterocycles. The number of nitrogens with one attached hydrogen (secondary N) is 1. The van der Waals surface area contributed by atoms with E-state index in [-0.39, 0.29) is 6.04 Å². The molecule has 1 N–H and O–H groups in total. The number of hydrogen-bond acceptors (Lipinski definition) is 4. The van der Waals surface area contributed by atoms with Gasteiger partial charge in [-0.15, -0.1) is 11.3 Å². The second kappa shape index (κ2) is 6.09. The highest BCUT2D eigenvalue weighted by Crippen LogP contribution is 2.30. The van der Waals surface area contributed by atoms with Crippen molar-refractivity contribution in [3.8, 4) is 0 Å². The van der Waals surface area contributed by atoms with Crippen molar-refractivity contribution in [2.45, 2.75) is 50.5 Å². The molecule has 112 valence electrons. The van der Waals surface area contributed by atoms with Gasteiger partial charge in [0.25, 0.3) is 10.2 Å². The van der Waals surface area contributed by atoms with E-state index in [9.17, 15) is 8.42 Å². The van der Waals surface area contributed by atoms with E-state index in [1.54, 1.807) is 15.6 Å². The SMILES string of the molecule is O=S(=O)(NC1CCCC1)N1CCC(c2nccs2)CC1. The molecule has 0 atom stereocenters. The zero-order chi connectivity index (χ0) is 14.0. The molecule has 20 heavy (non-hydrogen) atoms. The van der Waals surface area contributed by atoms with Crippen LogP contribution in [0, 0.1) is 0 Å². The van der Waals surface area contributed by atoms with Gasteiger partial charge in [0.15, 0.2) is 0 Å². The lowest BCUT2D eigenvalue weighted by Gasteiger charge is -2.31. The van der Waals surface area contributed by atoms with Crippen LogP contribution < -0.4 is 4.72 Å². The molecule has 1 saturated heterocycles. The second-order valence-corrected chi connectivity index (χ2v) is 8.28. The number of thiazole rings is 1. The summed E-state index contributed by atoms with van der Waals surface area (Å²) in [5, 5.41) is 3.13. The van der Waals surface area contributed by atoms with Crippen LogP contribution in [0.2, 0.25) is 0 Å². The lowest BCUT2D eigenvalue weighted by Crippen LogP contribution is -2.47. The third kappa shape index (κ3) is 3.21. The Bertz CT molecular complexity index is 516. The van der Waals surface area contributed by atoms with Gasteiger partial charge in [0.1, 0.15) is 0 Å². The molecule has 2 fully saturated rings. The molecule has 0 spiro atoms. The Balaban J connectivity index is 1.56. The molecule has 0 bridgehead atoms. The number of nitrogens with zero attached hydrogens (tertiary/aromatic N) is 2. The van der Waals surface area contributed by atoms with E-state index < -0.39 is 10.2 Å². The van der Waals surface area contributed by atoms with Crippen molar-refractivity contribution in [1.29, 1.82) is 0 Å². The average Bonchev–Trinajstić information content (AvgIpc) is 3.11. The predicted molar refractivity (Wildman–Crippen MR) is 80.0 cm³/mol. The first-order valence-corrected chi connectivity index (χ1v) is 9.64. The molecule has 0 aromatic carbocycles. The van der Waals surface area contributed by atoms with Gasteiger partial charge in [-0.05, 0) is 25.7 Å². The van der Waals surface area contributed by atoms with Crippen molar-refractivity contribution < 1.29 is 8.42 Å². The maximum Gasteiger partial charge on any atom is 0.279 e. The van der Waals surface area contributed by atoms with Crippen LogP contribution in [0.1, 0.15) is 49.5 Å². The maximum absolute atomic E-state index is 12.3. The van der Waals surface area contributed by atoms with E-state index in [0.717, 1.165) is 43.5 Å². The van der Waals surface area contributed by atoms with Gasteiger partial charge < -0.3 is 0 Å². The van der Waals surface area contributed by atoms with Gasteiger partial charge in [-0.1, -0.05) is 12.8 Å². The van der Waals surface area contributed by atoms with Crippen LogP contribution in [0.25, 0.3) is 0 Å². The lowest BCUT2D eigenvalue weighted by molar-refractivity contribution is 0.313. The van der Waals surface area contributed by atoms with Gasteiger partial charge in [-0.2, -0.15) is 17.4 Å². The minimum Gasteiger partial charge on any atom is -0.249 e. The Morgan fingerprint density at radius 3 is 2.50 bits per heavy atom. The van der Waals surface area contributed by atoms with E-state index >= 15 is 0 Å². The van der Waals surface area contributed by atoms with Gasteiger partial charge in [0.2, 0.25) is 0 Å². The second-order valence-electron chi connectivity index (χ2n) is 5.65. The fourth-order valence-corrected chi connectivity index (χ4v) is 5.42. The first kappa shape index (κ1) is 14.4. The molecule has 0 amide bonds. The molecule has 2 heterocycles. The minimum atomic E-state index is -3.29. The molecule has 1 aliphatic carbocycles. The monoisotopic (exact) mass is 315 g/mol. The van der Waals surface area contributed by atoms with Crippen LogP contribution in [0.15, 0.2) is 11.6 Å². The Kier molecular flexibility index (Phi) is 4.40. The minimum absolute atomic E-state index is 0.150. The smallest absolute Gasteiger partial charge is 0.249 e. The summed E-state index contributed by atoms with van der Waals surface area (Å²) in [4.78, 5) is 4.35. The summed E-state index contributed by atoms with van der Waals surface area (Å²) in [5.74, 6) is 0.424. The highest BCUT2D eigenvalue weighted by Gasteiger charge is 2.31. The third-order valence-electron chi connectivity index (χ3n) is 4.27. The Morgan fingerprint density at radius 1 is 1.20 bits per heavy atom. The molecule has 2 aliphatic rings. The molecule has 1 saturated carbocycles. The van der Waals surface area contributed by atoms with Crippen LogP contribution in [-0.4, -0.2) is 36.8 Å². The zero-order valence-electron chi connectivity index (χ0n) is 11.5. The predicted octanol–water partition coefficient (Wildman–Crippen LogP) is 2.10. The van der Waals surface area contributed by atoms with E-state index in [1.165, 1.54) is 0 Å². The number of piperidine rings is 1. The Morgan fingerprint density at radius 2 is 1.90 bits per heavy atom. The molecule has 0 radical (unpaired) electrons. The topological polar surface area (TPSA) is 62.3 Å². The van der Waals surface area contributed by atoms with Crippen LogP contribution in [0.3, 0.4) is 0 Å². The number of rotatable bonds is 4. The largest absolute Gasteiger partial charge is 0.279 e. The van der Waals surface area contributed by atoms with Crippen molar-refractivity contribution >= 4 is 21.5 Å². The van der Waals surface area contributed by atoms with E-state index in [4.69, 9.17) is 0 Å². The van der Waals surface area contributed by atoms with E-state index in [0.29, 0.717) is 19.0 Å². The van der Waals surface area contributed by atoms with E-state index in [1.807, 2.05) is 11.6 Å². The third-order valence-corrected chi connectivity index (χ3v) is 6.88. The van der Waals surface area contributed by atoms with Crippen molar-refractivity contribution in [3.63, 3.8) is 0 Å². The van der Waals surface area contributed by atoms with Gasteiger partial charge in [-0.25, -0.2) is 4.98 Å². The quantitative estimate of drug-likeness (QED) is 0.925. The maximum atomic E-state index is 12.3. The summed E-state index contributed by atoms with van der Waals surface area (Å²) in [6, 6.07) is 0.150. The van der Waals surface area contributed by atoms with Crippen LogP contribution in [0.5, 0.6) is 0 Å². The fourth-order valence-electron chi connectivity index (χ4n) is 3.11. The molecule has 5 nitrogen and oxygen atoms in total. The highest BCUT2D eigenvalue weighted by molar-refractivity contribution is 7.87. The molecule has 7 heteroatoms. The van der Waals surface area contributed by atoms with Crippen molar-refractivity contribution in [3.05, 3.63) is 16.6 Å². The summed E-state index contributed by atoms with van der Waals surface area (Å²) < 4.78 is 29.1. The summed E-state index contributed by atoms with van der Waals surface area (Å²) in [6.07, 6.45) is 7.81. The first-order chi connectivity index (χ1) is 9.65.